The Bertz CT molecular complexity index is 739. The van der Waals surface area contributed by atoms with Crippen LogP contribution in [0.3, 0.4) is 0 Å². The van der Waals surface area contributed by atoms with Crippen molar-refractivity contribution in [2.75, 3.05) is 0 Å². The van der Waals surface area contributed by atoms with Gasteiger partial charge in [0, 0.05) is 17.8 Å². The van der Waals surface area contributed by atoms with E-state index < -0.39 is 0 Å². The van der Waals surface area contributed by atoms with Gasteiger partial charge in [0.1, 0.15) is 5.75 Å². The molecule has 0 N–H and O–H groups in total. The molecule has 0 spiro atoms. The van der Waals surface area contributed by atoms with Crippen LogP contribution in [0.4, 0.5) is 0 Å². The fourth-order valence-electron chi connectivity index (χ4n) is 1.93. The first-order chi connectivity index (χ1) is 10.3. The second kappa shape index (κ2) is 6.01. The molecule has 0 aliphatic rings. The molecule has 0 aliphatic carbocycles. The van der Waals surface area contributed by atoms with Gasteiger partial charge in [-0.25, -0.2) is 4.98 Å². The summed E-state index contributed by atoms with van der Waals surface area (Å²) >= 11 is 0. The van der Waals surface area contributed by atoms with Crippen LogP contribution in [0.15, 0.2) is 72.9 Å². The number of hydrogen-bond donors (Lipinski definition) is 0. The topological polar surface area (TPSA) is 39.2 Å². The Balaban J connectivity index is 1.95. The van der Waals surface area contributed by atoms with Gasteiger partial charge in [-0.05, 0) is 18.2 Å². The summed E-state index contributed by atoms with van der Waals surface area (Å²) in [6.45, 7) is 0. The summed E-state index contributed by atoms with van der Waals surface area (Å²) in [5, 5.41) is 0. The van der Waals surface area contributed by atoms with E-state index in [-0.39, 0.29) is 5.78 Å². The van der Waals surface area contributed by atoms with Gasteiger partial charge >= 0.3 is 0 Å². The van der Waals surface area contributed by atoms with Crippen molar-refractivity contribution in [3.05, 3.63) is 90.3 Å². The van der Waals surface area contributed by atoms with Crippen LogP contribution in [-0.2, 0) is 0 Å². The molecule has 0 saturated heterocycles. The second-order valence-corrected chi connectivity index (χ2v) is 4.37. The number of hydrogen-bond acceptors (Lipinski definition) is 3. The van der Waals surface area contributed by atoms with E-state index in [9.17, 15) is 4.79 Å². The van der Waals surface area contributed by atoms with E-state index in [1.54, 1.807) is 42.6 Å². The first-order valence-electron chi connectivity index (χ1n) is 6.54. The van der Waals surface area contributed by atoms with Crippen molar-refractivity contribution in [1.82, 2.24) is 4.98 Å². The minimum atomic E-state index is -0.165. The van der Waals surface area contributed by atoms with Crippen LogP contribution in [-0.4, -0.2) is 10.8 Å². The molecule has 3 rings (SSSR count). The first kappa shape index (κ1) is 13.1. The summed E-state index contributed by atoms with van der Waals surface area (Å²) in [7, 11) is 0. The van der Waals surface area contributed by atoms with Crippen molar-refractivity contribution in [3.63, 3.8) is 0 Å². The zero-order valence-electron chi connectivity index (χ0n) is 11.2. The lowest BCUT2D eigenvalue weighted by Crippen LogP contribution is -2.06. The van der Waals surface area contributed by atoms with Crippen LogP contribution in [0.2, 0.25) is 0 Å². The summed E-state index contributed by atoms with van der Waals surface area (Å²) < 4.78 is 5.71. The Morgan fingerprint density at radius 2 is 1.76 bits per heavy atom. The molecule has 1 heterocycles. The maximum atomic E-state index is 12.5. The Morgan fingerprint density at radius 1 is 0.952 bits per heavy atom. The molecule has 3 nitrogen and oxygen atoms in total. The third kappa shape index (κ3) is 2.98. The van der Waals surface area contributed by atoms with Gasteiger partial charge < -0.3 is 4.74 Å². The zero-order valence-corrected chi connectivity index (χ0v) is 11.2. The van der Waals surface area contributed by atoms with Crippen molar-refractivity contribution >= 4 is 5.78 Å². The fourth-order valence-corrected chi connectivity index (χ4v) is 1.93. The normalized spacial score (nSPS) is 10.1. The SMILES string of the molecule is O=C(c1ccccc1)c1ncccc1Oc1[c]cccc1. The van der Waals surface area contributed by atoms with Crippen LogP contribution < -0.4 is 4.74 Å². The average molecular weight is 274 g/mol. The van der Waals surface area contributed by atoms with E-state index in [0.717, 1.165) is 0 Å². The molecule has 1 aromatic heterocycles. The predicted molar refractivity (Wildman–Crippen MR) is 79.5 cm³/mol. The van der Waals surface area contributed by atoms with Crippen LogP contribution in [0.25, 0.3) is 0 Å². The largest absolute Gasteiger partial charge is 0.454 e. The summed E-state index contributed by atoms with van der Waals surface area (Å²) in [4.78, 5) is 16.7. The second-order valence-electron chi connectivity index (χ2n) is 4.37. The number of ether oxygens (including phenoxy) is 1. The molecule has 0 saturated carbocycles. The molecule has 3 heteroatoms. The van der Waals surface area contributed by atoms with E-state index in [0.29, 0.717) is 22.8 Å². The van der Waals surface area contributed by atoms with Crippen molar-refractivity contribution in [1.29, 1.82) is 0 Å². The van der Waals surface area contributed by atoms with Gasteiger partial charge in [-0.2, -0.15) is 0 Å². The molecule has 0 amide bonds. The van der Waals surface area contributed by atoms with Gasteiger partial charge in [-0.1, -0.05) is 48.5 Å². The molecular formula is C18H12NO2. The highest BCUT2D eigenvalue weighted by atomic mass is 16.5. The van der Waals surface area contributed by atoms with E-state index >= 15 is 0 Å². The first-order valence-corrected chi connectivity index (χ1v) is 6.54. The molecule has 21 heavy (non-hydrogen) atoms. The Morgan fingerprint density at radius 3 is 2.52 bits per heavy atom. The maximum absolute atomic E-state index is 12.5. The number of carbonyl (C=O) groups is 1. The van der Waals surface area contributed by atoms with E-state index in [1.807, 2.05) is 30.3 Å². The average Bonchev–Trinajstić information content (AvgIpc) is 2.56. The van der Waals surface area contributed by atoms with Crippen molar-refractivity contribution in [3.8, 4) is 11.5 Å². The fraction of sp³-hybridized carbons (Fsp3) is 0. The monoisotopic (exact) mass is 274 g/mol. The highest BCUT2D eigenvalue weighted by Crippen LogP contribution is 2.25. The third-order valence-corrected chi connectivity index (χ3v) is 2.92. The summed E-state index contributed by atoms with van der Waals surface area (Å²) in [6, 6.07) is 22.7. The van der Waals surface area contributed by atoms with Crippen LogP contribution in [0.5, 0.6) is 11.5 Å². The maximum Gasteiger partial charge on any atom is 0.215 e. The lowest BCUT2D eigenvalue weighted by molar-refractivity contribution is 0.103. The number of benzene rings is 2. The van der Waals surface area contributed by atoms with Gasteiger partial charge in [-0.15, -0.1) is 0 Å². The highest BCUT2D eigenvalue weighted by molar-refractivity contribution is 6.09. The van der Waals surface area contributed by atoms with Gasteiger partial charge in [0.05, 0.1) is 0 Å². The summed E-state index contributed by atoms with van der Waals surface area (Å²) in [6.07, 6.45) is 1.58. The number of carbonyl (C=O) groups excluding carboxylic acids is 1. The Labute approximate surface area is 122 Å². The molecular weight excluding hydrogens is 262 g/mol. The third-order valence-electron chi connectivity index (χ3n) is 2.92. The molecule has 1 radical (unpaired) electrons. The number of aromatic nitrogens is 1. The van der Waals surface area contributed by atoms with Crippen molar-refractivity contribution in [2.45, 2.75) is 0 Å². The van der Waals surface area contributed by atoms with Crippen LogP contribution in [0, 0.1) is 6.07 Å². The Kier molecular flexibility index (Phi) is 3.74. The number of rotatable bonds is 4. The predicted octanol–water partition coefficient (Wildman–Crippen LogP) is 3.91. The Hall–Kier alpha value is -2.94. The summed E-state index contributed by atoms with van der Waals surface area (Å²) in [5.41, 5.74) is 0.874. The standard InChI is InChI=1S/C18H12NO2/c20-18(14-8-3-1-4-9-14)17-16(12-7-13-19-17)21-15-10-5-2-6-11-15/h1-10,12-13H. The lowest BCUT2D eigenvalue weighted by atomic mass is 10.1. The van der Waals surface area contributed by atoms with Crippen molar-refractivity contribution in [2.24, 2.45) is 0 Å². The minimum Gasteiger partial charge on any atom is -0.454 e. The van der Waals surface area contributed by atoms with E-state index in [4.69, 9.17) is 4.74 Å². The molecule has 2 aromatic carbocycles. The molecule has 3 aromatic rings. The molecule has 0 atom stereocenters. The molecule has 0 unspecified atom stereocenters. The van der Waals surface area contributed by atoms with Gasteiger partial charge in [0.25, 0.3) is 0 Å². The summed E-state index contributed by atoms with van der Waals surface area (Å²) in [5.74, 6) is 0.809. The molecule has 101 valence electrons. The number of ketones is 1. The van der Waals surface area contributed by atoms with Gasteiger partial charge in [0.2, 0.25) is 5.78 Å². The van der Waals surface area contributed by atoms with E-state index in [2.05, 4.69) is 11.1 Å². The lowest BCUT2D eigenvalue weighted by Gasteiger charge is -2.09. The quantitative estimate of drug-likeness (QED) is 0.677. The smallest absolute Gasteiger partial charge is 0.215 e. The van der Waals surface area contributed by atoms with Crippen molar-refractivity contribution < 1.29 is 9.53 Å². The molecule has 0 aliphatic heterocycles. The van der Waals surface area contributed by atoms with E-state index in [1.165, 1.54) is 0 Å². The number of nitrogens with zero attached hydrogens (tertiary/aromatic N) is 1. The van der Waals surface area contributed by atoms with Gasteiger partial charge in [0.15, 0.2) is 11.4 Å². The number of para-hydroxylation sites is 1. The molecule has 0 bridgehead atoms. The van der Waals surface area contributed by atoms with Gasteiger partial charge in [-0.3, -0.25) is 4.79 Å². The molecule has 0 fully saturated rings. The van der Waals surface area contributed by atoms with Crippen LogP contribution >= 0.6 is 0 Å². The zero-order chi connectivity index (χ0) is 14.5. The minimum absolute atomic E-state index is 0.165. The van der Waals surface area contributed by atoms with Crippen LogP contribution in [0.1, 0.15) is 16.1 Å². The highest BCUT2D eigenvalue weighted by Gasteiger charge is 2.16. The number of pyridine rings is 1.